The van der Waals surface area contributed by atoms with Crippen molar-refractivity contribution >= 4 is 22.4 Å². The van der Waals surface area contributed by atoms with Gasteiger partial charge in [0, 0.05) is 17.6 Å². The predicted octanol–water partition coefficient (Wildman–Crippen LogP) is 3.61. The van der Waals surface area contributed by atoms with Gasteiger partial charge in [0.05, 0.1) is 5.39 Å². The Balaban J connectivity index is 2.07. The molecule has 0 aliphatic carbocycles. The number of nitrogens with zero attached hydrogens (tertiary/aromatic N) is 2. The molecule has 0 aliphatic heterocycles. The van der Waals surface area contributed by atoms with E-state index in [1.54, 1.807) is 24.3 Å². The summed E-state index contributed by atoms with van der Waals surface area (Å²) in [5.41, 5.74) is 1.91. The number of hydrogen-bond acceptors (Lipinski definition) is 3. The van der Waals surface area contributed by atoms with E-state index in [0.717, 1.165) is 5.56 Å². The fourth-order valence-electron chi connectivity index (χ4n) is 2.70. The van der Waals surface area contributed by atoms with E-state index < -0.39 is 0 Å². The van der Waals surface area contributed by atoms with Crippen molar-refractivity contribution in [2.75, 3.05) is 5.32 Å². The number of benzene rings is 2. The first-order valence-electron chi connectivity index (χ1n) is 8.33. The SMILES string of the molecule is Cc1ccc(NC(=O)c2nn(CC(C)C)c(=O)c3ccccc23)cc1. The minimum Gasteiger partial charge on any atom is -0.321 e. The highest BCUT2D eigenvalue weighted by molar-refractivity contribution is 6.11. The maximum atomic E-state index is 12.8. The van der Waals surface area contributed by atoms with Gasteiger partial charge in [0.25, 0.3) is 11.5 Å². The quantitative estimate of drug-likeness (QED) is 0.792. The topological polar surface area (TPSA) is 64.0 Å². The fraction of sp³-hybridized carbons (Fsp3) is 0.250. The molecule has 1 amide bonds. The molecule has 3 rings (SSSR count). The summed E-state index contributed by atoms with van der Waals surface area (Å²) in [6.45, 7) is 6.47. The van der Waals surface area contributed by atoms with Crippen molar-refractivity contribution in [3.63, 3.8) is 0 Å². The Bertz CT molecular complexity index is 972. The van der Waals surface area contributed by atoms with Crippen LogP contribution in [0.5, 0.6) is 0 Å². The van der Waals surface area contributed by atoms with Gasteiger partial charge in [-0.15, -0.1) is 0 Å². The number of aryl methyl sites for hydroxylation is 1. The molecule has 0 saturated heterocycles. The molecule has 1 aromatic heterocycles. The molecule has 2 aromatic carbocycles. The molecule has 128 valence electrons. The number of nitrogens with one attached hydrogen (secondary N) is 1. The molecule has 1 heterocycles. The highest BCUT2D eigenvalue weighted by atomic mass is 16.2. The van der Waals surface area contributed by atoms with Gasteiger partial charge in [-0.1, -0.05) is 49.7 Å². The van der Waals surface area contributed by atoms with Crippen LogP contribution in [0.3, 0.4) is 0 Å². The third-order valence-electron chi connectivity index (χ3n) is 3.93. The molecule has 0 fully saturated rings. The number of aromatic nitrogens is 2. The Morgan fingerprint density at radius 1 is 1.08 bits per heavy atom. The van der Waals surface area contributed by atoms with Crippen LogP contribution in [0.2, 0.25) is 0 Å². The average Bonchev–Trinajstić information content (AvgIpc) is 2.59. The number of hydrogen-bond donors (Lipinski definition) is 1. The number of carbonyl (C=O) groups excluding carboxylic acids is 1. The second kappa shape index (κ2) is 6.89. The van der Waals surface area contributed by atoms with Crippen molar-refractivity contribution in [3.05, 3.63) is 70.1 Å². The van der Waals surface area contributed by atoms with Crippen molar-refractivity contribution in [1.29, 1.82) is 0 Å². The molecule has 3 aromatic rings. The minimum absolute atomic E-state index is 0.170. The number of fused-ring (bicyclic) bond motifs is 1. The van der Waals surface area contributed by atoms with E-state index in [9.17, 15) is 9.59 Å². The molecular formula is C20H21N3O2. The van der Waals surface area contributed by atoms with Gasteiger partial charge in [-0.25, -0.2) is 4.68 Å². The first-order valence-corrected chi connectivity index (χ1v) is 8.33. The Morgan fingerprint density at radius 2 is 1.72 bits per heavy atom. The molecule has 5 nitrogen and oxygen atoms in total. The van der Waals surface area contributed by atoms with Gasteiger partial charge in [-0.05, 0) is 31.0 Å². The van der Waals surface area contributed by atoms with Gasteiger partial charge in [-0.3, -0.25) is 9.59 Å². The maximum Gasteiger partial charge on any atom is 0.276 e. The van der Waals surface area contributed by atoms with Crippen LogP contribution >= 0.6 is 0 Å². The van der Waals surface area contributed by atoms with Crippen molar-refractivity contribution in [2.45, 2.75) is 27.3 Å². The van der Waals surface area contributed by atoms with Crippen LogP contribution in [-0.2, 0) is 6.54 Å². The number of amides is 1. The third-order valence-corrected chi connectivity index (χ3v) is 3.93. The van der Waals surface area contributed by atoms with Gasteiger partial charge < -0.3 is 5.32 Å². The van der Waals surface area contributed by atoms with Crippen LogP contribution in [0.25, 0.3) is 10.8 Å². The molecule has 0 bridgehead atoms. The summed E-state index contributed by atoms with van der Waals surface area (Å²) in [5, 5.41) is 8.28. The molecule has 0 radical (unpaired) electrons. The molecule has 0 saturated carbocycles. The first kappa shape index (κ1) is 16.9. The molecule has 0 atom stereocenters. The van der Waals surface area contributed by atoms with Crippen LogP contribution in [0, 0.1) is 12.8 Å². The summed E-state index contributed by atoms with van der Waals surface area (Å²) in [4.78, 5) is 25.4. The fourth-order valence-corrected chi connectivity index (χ4v) is 2.70. The smallest absolute Gasteiger partial charge is 0.276 e. The van der Waals surface area contributed by atoms with Gasteiger partial charge in [0.2, 0.25) is 0 Å². The highest BCUT2D eigenvalue weighted by Crippen LogP contribution is 2.16. The van der Waals surface area contributed by atoms with E-state index in [2.05, 4.69) is 10.4 Å². The normalized spacial score (nSPS) is 11.0. The average molecular weight is 335 g/mol. The molecule has 1 N–H and O–H groups in total. The summed E-state index contributed by atoms with van der Waals surface area (Å²) in [5.74, 6) is -0.0723. The minimum atomic E-state index is -0.322. The molecule has 0 aliphatic rings. The van der Waals surface area contributed by atoms with E-state index >= 15 is 0 Å². The van der Waals surface area contributed by atoms with E-state index in [0.29, 0.717) is 23.0 Å². The zero-order valence-electron chi connectivity index (χ0n) is 14.6. The summed E-state index contributed by atoms with van der Waals surface area (Å²) in [7, 11) is 0. The van der Waals surface area contributed by atoms with Crippen molar-refractivity contribution in [1.82, 2.24) is 9.78 Å². The summed E-state index contributed by atoms with van der Waals surface area (Å²) < 4.78 is 1.39. The number of anilines is 1. The van der Waals surface area contributed by atoms with Crippen molar-refractivity contribution < 1.29 is 4.79 Å². The largest absolute Gasteiger partial charge is 0.321 e. The van der Waals surface area contributed by atoms with Crippen molar-refractivity contribution in [2.24, 2.45) is 5.92 Å². The van der Waals surface area contributed by atoms with Crippen LogP contribution in [0.4, 0.5) is 5.69 Å². The lowest BCUT2D eigenvalue weighted by Crippen LogP contribution is -2.29. The van der Waals surface area contributed by atoms with Gasteiger partial charge in [-0.2, -0.15) is 5.10 Å². The van der Waals surface area contributed by atoms with Gasteiger partial charge >= 0.3 is 0 Å². The van der Waals surface area contributed by atoms with Crippen LogP contribution in [0.15, 0.2) is 53.3 Å². The van der Waals surface area contributed by atoms with Crippen LogP contribution in [0.1, 0.15) is 29.9 Å². The number of carbonyl (C=O) groups is 1. The van der Waals surface area contributed by atoms with Gasteiger partial charge in [0.15, 0.2) is 5.69 Å². The standard InChI is InChI=1S/C20H21N3O2/c1-13(2)12-23-20(25)17-7-5-4-6-16(17)18(22-23)19(24)21-15-10-8-14(3)9-11-15/h4-11,13H,12H2,1-3H3,(H,21,24). The monoisotopic (exact) mass is 335 g/mol. The Morgan fingerprint density at radius 3 is 2.36 bits per heavy atom. The van der Waals surface area contributed by atoms with E-state index in [-0.39, 0.29) is 23.1 Å². The molecule has 25 heavy (non-hydrogen) atoms. The number of rotatable bonds is 4. The van der Waals surface area contributed by atoms with Gasteiger partial charge in [0.1, 0.15) is 0 Å². The Labute approximate surface area is 146 Å². The molecule has 0 spiro atoms. The zero-order chi connectivity index (χ0) is 18.0. The second-order valence-corrected chi connectivity index (χ2v) is 6.60. The lowest BCUT2D eigenvalue weighted by molar-refractivity contribution is 0.102. The summed E-state index contributed by atoms with van der Waals surface area (Å²) >= 11 is 0. The zero-order valence-corrected chi connectivity index (χ0v) is 14.6. The lowest BCUT2D eigenvalue weighted by atomic mass is 10.1. The van der Waals surface area contributed by atoms with E-state index in [1.807, 2.05) is 45.0 Å². The predicted molar refractivity (Wildman–Crippen MR) is 100.0 cm³/mol. The molecule has 5 heteroatoms. The second-order valence-electron chi connectivity index (χ2n) is 6.60. The van der Waals surface area contributed by atoms with E-state index in [1.165, 1.54) is 4.68 Å². The van der Waals surface area contributed by atoms with Crippen LogP contribution < -0.4 is 10.9 Å². The lowest BCUT2D eigenvalue weighted by Gasteiger charge is -2.12. The van der Waals surface area contributed by atoms with Crippen molar-refractivity contribution in [3.8, 4) is 0 Å². The third kappa shape index (κ3) is 3.60. The first-order chi connectivity index (χ1) is 12.0. The summed E-state index contributed by atoms with van der Waals surface area (Å²) in [6.07, 6.45) is 0. The Kier molecular flexibility index (Phi) is 4.65. The molecule has 0 unspecified atom stereocenters. The highest BCUT2D eigenvalue weighted by Gasteiger charge is 2.17. The molecular weight excluding hydrogens is 314 g/mol. The van der Waals surface area contributed by atoms with E-state index in [4.69, 9.17) is 0 Å². The summed E-state index contributed by atoms with van der Waals surface area (Å²) in [6, 6.07) is 14.6. The Hall–Kier alpha value is -2.95. The maximum absolute atomic E-state index is 12.8. The van der Waals surface area contributed by atoms with Crippen LogP contribution in [-0.4, -0.2) is 15.7 Å².